The predicted octanol–water partition coefficient (Wildman–Crippen LogP) is 1.51. The van der Waals surface area contributed by atoms with Gasteiger partial charge in [0, 0.05) is 10.7 Å². The van der Waals surface area contributed by atoms with Crippen LogP contribution in [0, 0.1) is 0 Å². The molecule has 0 aromatic heterocycles. The van der Waals surface area contributed by atoms with Crippen LogP contribution < -0.4 is 10.2 Å². The number of rotatable bonds is 4. The molecule has 2 N–H and O–H groups in total. The van der Waals surface area contributed by atoms with Gasteiger partial charge in [-0.1, -0.05) is 17.7 Å². The van der Waals surface area contributed by atoms with E-state index >= 15 is 0 Å². The highest BCUT2D eigenvalue weighted by atomic mass is 35.5. The largest absolute Gasteiger partial charge is 0.480 e. The minimum Gasteiger partial charge on any atom is -0.480 e. The highest BCUT2D eigenvalue weighted by Crippen LogP contribution is 2.21. The molecule has 5 nitrogen and oxygen atoms in total. The predicted molar refractivity (Wildman–Crippen MR) is 72.5 cm³/mol. The molecule has 2 rings (SSSR count). The number of carboxylic acid groups (broad SMARTS) is 1. The van der Waals surface area contributed by atoms with E-state index in [0.717, 1.165) is 19.4 Å². The van der Waals surface area contributed by atoms with Crippen molar-refractivity contribution in [1.29, 1.82) is 0 Å². The normalized spacial score (nSPS) is 18.3. The van der Waals surface area contributed by atoms with Crippen LogP contribution >= 0.6 is 11.6 Å². The lowest BCUT2D eigenvalue weighted by Gasteiger charge is -2.24. The number of nitrogens with one attached hydrogen (secondary N) is 1. The topological polar surface area (TPSA) is 69.6 Å². The number of carboxylic acids is 1. The lowest BCUT2D eigenvalue weighted by Crippen LogP contribution is -2.46. The molecule has 1 aliphatic heterocycles. The number of amides is 1. The summed E-state index contributed by atoms with van der Waals surface area (Å²) in [7, 11) is 0. The van der Waals surface area contributed by atoms with Gasteiger partial charge in [0.25, 0.3) is 0 Å². The third kappa shape index (κ3) is 3.45. The number of carbonyl (C=O) groups excluding carboxylic acids is 1. The number of carbonyl (C=O) groups is 2. The third-order valence-electron chi connectivity index (χ3n) is 3.04. The van der Waals surface area contributed by atoms with Gasteiger partial charge in [0.1, 0.15) is 6.54 Å². The Morgan fingerprint density at radius 3 is 2.84 bits per heavy atom. The van der Waals surface area contributed by atoms with Crippen molar-refractivity contribution >= 4 is 29.2 Å². The van der Waals surface area contributed by atoms with Gasteiger partial charge < -0.3 is 10.4 Å². The number of hydrogen-bond donors (Lipinski definition) is 2. The average molecular weight is 283 g/mol. The number of nitrogens with zero attached hydrogens (tertiary/aromatic N) is 1. The molecule has 0 spiro atoms. The molecule has 0 saturated carbocycles. The Labute approximate surface area is 116 Å². The summed E-state index contributed by atoms with van der Waals surface area (Å²) in [5.74, 6) is -1.27. The summed E-state index contributed by atoms with van der Waals surface area (Å²) in [6.45, 7) is 0.421. The molecule has 1 aromatic carbocycles. The van der Waals surface area contributed by atoms with Gasteiger partial charge in [-0.15, -0.1) is 0 Å². The van der Waals surface area contributed by atoms with Gasteiger partial charge in [0.05, 0.1) is 6.04 Å². The van der Waals surface area contributed by atoms with E-state index < -0.39 is 5.97 Å². The van der Waals surface area contributed by atoms with Crippen LogP contribution in [0.15, 0.2) is 24.3 Å². The van der Waals surface area contributed by atoms with E-state index in [-0.39, 0.29) is 18.5 Å². The van der Waals surface area contributed by atoms with Crippen molar-refractivity contribution in [2.24, 2.45) is 0 Å². The number of benzene rings is 1. The van der Waals surface area contributed by atoms with Gasteiger partial charge in [-0.05, 0) is 37.6 Å². The molecule has 1 amide bonds. The highest BCUT2D eigenvalue weighted by molar-refractivity contribution is 6.31. The Kier molecular flexibility index (Phi) is 4.39. The SMILES string of the molecule is O=C(O)CN(C(=O)[C@H]1CCCN1)c1cccc(Cl)c1. The third-order valence-corrected chi connectivity index (χ3v) is 3.27. The van der Waals surface area contributed by atoms with E-state index in [1.54, 1.807) is 24.3 Å². The van der Waals surface area contributed by atoms with Crippen molar-refractivity contribution in [2.75, 3.05) is 18.0 Å². The van der Waals surface area contributed by atoms with Gasteiger partial charge in [0.15, 0.2) is 0 Å². The second-order valence-electron chi connectivity index (χ2n) is 4.45. The maximum absolute atomic E-state index is 12.3. The maximum Gasteiger partial charge on any atom is 0.323 e. The highest BCUT2D eigenvalue weighted by Gasteiger charge is 2.29. The number of hydrogen-bond acceptors (Lipinski definition) is 3. The standard InChI is InChI=1S/C13H15ClN2O3/c14-9-3-1-4-10(7-9)16(8-12(17)18)13(19)11-5-2-6-15-11/h1,3-4,7,11,15H,2,5-6,8H2,(H,17,18)/t11-/m1/s1. The van der Waals surface area contributed by atoms with Crippen LogP contribution in [0.25, 0.3) is 0 Å². The van der Waals surface area contributed by atoms with Gasteiger partial charge >= 0.3 is 5.97 Å². The van der Waals surface area contributed by atoms with Crippen molar-refractivity contribution < 1.29 is 14.7 Å². The first-order valence-electron chi connectivity index (χ1n) is 6.10. The molecule has 1 aromatic rings. The van der Waals surface area contributed by atoms with Gasteiger partial charge in [-0.25, -0.2) is 0 Å². The van der Waals surface area contributed by atoms with Crippen LogP contribution in [0.2, 0.25) is 5.02 Å². The average Bonchev–Trinajstić information content (AvgIpc) is 2.88. The Hall–Kier alpha value is -1.59. The Balaban J connectivity index is 2.24. The molecule has 1 atom stereocenters. The fraction of sp³-hybridized carbons (Fsp3) is 0.385. The van der Waals surface area contributed by atoms with Crippen LogP contribution in [-0.2, 0) is 9.59 Å². The number of anilines is 1. The maximum atomic E-state index is 12.3. The summed E-state index contributed by atoms with van der Waals surface area (Å²) >= 11 is 5.89. The lowest BCUT2D eigenvalue weighted by atomic mass is 10.2. The fourth-order valence-corrected chi connectivity index (χ4v) is 2.34. The quantitative estimate of drug-likeness (QED) is 0.878. The molecule has 6 heteroatoms. The molecule has 0 radical (unpaired) electrons. The van der Waals surface area contributed by atoms with Crippen LogP contribution in [0.1, 0.15) is 12.8 Å². The van der Waals surface area contributed by atoms with Crippen LogP contribution in [0.4, 0.5) is 5.69 Å². The summed E-state index contributed by atoms with van der Waals surface area (Å²) < 4.78 is 0. The van der Waals surface area contributed by atoms with Gasteiger partial charge in [0.2, 0.25) is 5.91 Å². The second kappa shape index (κ2) is 6.04. The lowest BCUT2D eigenvalue weighted by molar-refractivity contribution is -0.136. The molecule has 1 saturated heterocycles. The van der Waals surface area contributed by atoms with Crippen molar-refractivity contribution in [3.63, 3.8) is 0 Å². The molecule has 0 unspecified atom stereocenters. The molecule has 19 heavy (non-hydrogen) atoms. The number of aliphatic carboxylic acids is 1. The van der Waals surface area contributed by atoms with E-state index in [0.29, 0.717) is 10.7 Å². The monoisotopic (exact) mass is 282 g/mol. The second-order valence-corrected chi connectivity index (χ2v) is 4.88. The van der Waals surface area contributed by atoms with Crippen LogP contribution in [-0.4, -0.2) is 36.1 Å². The molecule has 1 aliphatic rings. The summed E-state index contributed by atoms with van der Waals surface area (Å²) in [6, 6.07) is 6.35. The zero-order chi connectivity index (χ0) is 13.8. The molecule has 0 bridgehead atoms. The molecule has 1 heterocycles. The number of halogens is 1. The molecule has 102 valence electrons. The van der Waals surface area contributed by atoms with E-state index in [4.69, 9.17) is 16.7 Å². The molecular weight excluding hydrogens is 268 g/mol. The van der Waals surface area contributed by atoms with Crippen molar-refractivity contribution in [3.8, 4) is 0 Å². The summed E-state index contributed by atoms with van der Waals surface area (Å²) in [4.78, 5) is 24.6. The fourth-order valence-electron chi connectivity index (χ4n) is 2.16. The van der Waals surface area contributed by atoms with Gasteiger partial charge in [-0.2, -0.15) is 0 Å². The van der Waals surface area contributed by atoms with E-state index in [9.17, 15) is 9.59 Å². The van der Waals surface area contributed by atoms with Crippen molar-refractivity contribution in [3.05, 3.63) is 29.3 Å². The van der Waals surface area contributed by atoms with E-state index in [1.165, 1.54) is 4.90 Å². The first-order chi connectivity index (χ1) is 9.08. The summed E-state index contributed by atoms with van der Waals surface area (Å²) in [6.07, 6.45) is 1.66. The minimum absolute atomic E-state index is 0.220. The van der Waals surface area contributed by atoms with Crippen molar-refractivity contribution in [1.82, 2.24) is 5.32 Å². The minimum atomic E-state index is -1.05. The Bertz CT molecular complexity index is 487. The molecule has 0 aliphatic carbocycles. The van der Waals surface area contributed by atoms with E-state index in [1.807, 2.05) is 0 Å². The Morgan fingerprint density at radius 1 is 1.47 bits per heavy atom. The first kappa shape index (κ1) is 13.8. The van der Waals surface area contributed by atoms with E-state index in [2.05, 4.69) is 5.32 Å². The van der Waals surface area contributed by atoms with Crippen molar-refractivity contribution in [2.45, 2.75) is 18.9 Å². The zero-order valence-electron chi connectivity index (χ0n) is 10.3. The summed E-state index contributed by atoms with van der Waals surface area (Å²) in [5, 5.41) is 12.5. The summed E-state index contributed by atoms with van der Waals surface area (Å²) in [5.41, 5.74) is 0.508. The smallest absolute Gasteiger partial charge is 0.323 e. The van der Waals surface area contributed by atoms with Crippen LogP contribution in [0.5, 0.6) is 0 Å². The van der Waals surface area contributed by atoms with Crippen LogP contribution in [0.3, 0.4) is 0 Å². The van der Waals surface area contributed by atoms with Gasteiger partial charge in [-0.3, -0.25) is 14.5 Å². The zero-order valence-corrected chi connectivity index (χ0v) is 11.1. The Morgan fingerprint density at radius 2 is 2.26 bits per heavy atom. The molecule has 1 fully saturated rings. The first-order valence-corrected chi connectivity index (χ1v) is 6.48. The molecular formula is C13H15ClN2O3.